The van der Waals surface area contributed by atoms with Crippen molar-refractivity contribution in [2.75, 3.05) is 6.54 Å². The minimum Gasteiger partial charge on any atom is -0.362 e. The SMILES string of the molecule is CCC1CCC(NC(=S)NCCc2ccccc2)CC1. The van der Waals surface area contributed by atoms with Gasteiger partial charge in [0.25, 0.3) is 0 Å². The highest BCUT2D eigenvalue weighted by Gasteiger charge is 2.20. The third kappa shape index (κ3) is 5.12. The lowest BCUT2D eigenvalue weighted by Crippen LogP contribution is -2.44. The first kappa shape index (κ1) is 15.3. The number of thiocarbonyl (C=S) groups is 1. The zero-order chi connectivity index (χ0) is 14.2. The summed E-state index contributed by atoms with van der Waals surface area (Å²) in [4.78, 5) is 0. The Bertz CT molecular complexity index is 397. The maximum absolute atomic E-state index is 5.39. The molecule has 2 N–H and O–H groups in total. The average molecular weight is 290 g/mol. The number of rotatable bonds is 5. The first-order chi connectivity index (χ1) is 9.78. The van der Waals surface area contributed by atoms with E-state index in [-0.39, 0.29) is 0 Å². The summed E-state index contributed by atoms with van der Waals surface area (Å²) >= 11 is 5.39. The van der Waals surface area contributed by atoms with Crippen molar-refractivity contribution in [1.29, 1.82) is 0 Å². The van der Waals surface area contributed by atoms with Crippen molar-refractivity contribution < 1.29 is 0 Å². The summed E-state index contributed by atoms with van der Waals surface area (Å²) in [5.41, 5.74) is 1.35. The van der Waals surface area contributed by atoms with Gasteiger partial charge >= 0.3 is 0 Å². The fraction of sp³-hybridized carbons (Fsp3) is 0.588. The number of hydrogen-bond acceptors (Lipinski definition) is 1. The van der Waals surface area contributed by atoms with E-state index in [1.807, 2.05) is 0 Å². The van der Waals surface area contributed by atoms with Crippen LogP contribution in [0.5, 0.6) is 0 Å². The van der Waals surface area contributed by atoms with Crippen molar-refractivity contribution in [2.45, 2.75) is 51.5 Å². The molecule has 0 atom stereocenters. The molecule has 0 aliphatic heterocycles. The zero-order valence-electron chi connectivity index (χ0n) is 12.4. The first-order valence-corrected chi connectivity index (χ1v) is 8.27. The van der Waals surface area contributed by atoms with Crippen molar-refractivity contribution in [3.63, 3.8) is 0 Å². The zero-order valence-corrected chi connectivity index (χ0v) is 13.2. The second-order valence-corrected chi connectivity index (χ2v) is 6.17. The van der Waals surface area contributed by atoms with Gasteiger partial charge in [-0.15, -0.1) is 0 Å². The Kier molecular flexibility index (Phi) is 6.31. The fourth-order valence-corrected chi connectivity index (χ4v) is 3.19. The largest absolute Gasteiger partial charge is 0.362 e. The van der Waals surface area contributed by atoms with Gasteiger partial charge in [0, 0.05) is 12.6 Å². The van der Waals surface area contributed by atoms with Crippen LogP contribution >= 0.6 is 12.2 Å². The van der Waals surface area contributed by atoms with E-state index in [0.717, 1.165) is 24.0 Å². The Hall–Kier alpha value is -1.09. The summed E-state index contributed by atoms with van der Waals surface area (Å²) in [5, 5.41) is 7.61. The van der Waals surface area contributed by atoms with E-state index in [4.69, 9.17) is 12.2 Å². The molecule has 0 saturated heterocycles. The van der Waals surface area contributed by atoms with Gasteiger partial charge in [-0.1, -0.05) is 43.7 Å². The van der Waals surface area contributed by atoms with Crippen LogP contribution in [0.1, 0.15) is 44.6 Å². The van der Waals surface area contributed by atoms with Crippen LogP contribution < -0.4 is 10.6 Å². The molecule has 0 radical (unpaired) electrons. The maximum Gasteiger partial charge on any atom is 0.166 e. The topological polar surface area (TPSA) is 24.1 Å². The van der Waals surface area contributed by atoms with E-state index in [2.05, 4.69) is 47.9 Å². The highest BCUT2D eigenvalue weighted by Crippen LogP contribution is 2.26. The minimum atomic E-state index is 0.578. The van der Waals surface area contributed by atoms with Crippen LogP contribution in [0.25, 0.3) is 0 Å². The quantitative estimate of drug-likeness (QED) is 0.809. The highest BCUT2D eigenvalue weighted by atomic mass is 32.1. The van der Waals surface area contributed by atoms with Crippen molar-refractivity contribution in [3.05, 3.63) is 35.9 Å². The Morgan fingerprint density at radius 2 is 1.85 bits per heavy atom. The Morgan fingerprint density at radius 3 is 2.50 bits per heavy atom. The molecule has 1 aliphatic rings. The van der Waals surface area contributed by atoms with Gasteiger partial charge < -0.3 is 10.6 Å². The summed E-state index contributed by atoms with van der Waals surface area (Å²) in [6.07, 6.45) is 7.57. The lowest BCUT2D eigenvalue weighted by atomic mass is 9.85. The molecule has 2 nitrogen and oxygen atoms in total. The molecule has 1 fully saturated rings. The van der Waals surface area contributed by atoms with Gasteiger partial charge in [0.05, 0.1) is 0 Å². The molecule has 0 unspecified atom stereocenters. The minimum absolute atomic E-state index is 0.578. The lowest BCUT2D eigenvalue weighted by molar-refractivity contribution is 0.305. The molecule has 1 saturated carbocycles. The molecule has 110 valence electrons. The molecule has 1 aliphatic carbocycles. The molecule has 0 amide bonds. The van der Waals surface area contributed by atoms with Crippen LogP contribution in [0.2, 0.25) is 0 Å². The van der Waals surface area contributed by atoms with Gasteiger partial charge in [-0.25, -0.2) is 0 Å². The molecule has 3 heteroatoms. The molecule has 2 rings (SSSR count). The van der Waals surface area contributed by atoms with Crippen molar-refractivity contribution in [1.82, 2.24) is 10.6 Å². The summed E-state index contributed by atoms with van der Waals surface area (Å²) in [7, 11) is 0. The summed E-state index contributed by atoms with van der Waals surface area (Å²) < 4.78 is 0. The van der Waals surface area contributed by atoms with Gasteiger partial charge in [0.15, 0.2) is 5.11 Å². The van der Waals surface area contributed by atoms with E-state index in [0.29, 0.717) is 6.04 Å². The monoisotopic (exact) mass is 290 g/mol. The average Bonchev–Trinajstić information content (AvgIpc) is 2.49. The van der Waals surface area contributed by atoms with E-state index in [1.54, 1.807) is 0 Å². The van der Waals surface area contributed by atoms with Crippen LogP contribution in [-0.4, -0.2) is 17.7 Å². The van der Waals surface area contributed by atoms with Gasteiger partial charge in [0.2, 0.25) is 0 Å². The number of hydrogen-bond donors (Lipinski definition) is 2. The normalized spacial score (nSPS) is 22.2. The first-order valence-electron chi connectivity index (χ1n) is 7.86. The number of benzene rings is 1. The van der Waals surface area contributed by atoms with Gasteiger partial charge in [-0.2, -0.15) is 0 Å². The van der Waals surface area contributed by atoms with Crippen molar-refractivity contribution in [2.24, 2.45) is 5.92 Å². The second kappa shape index (κ2) is 8.25. The van der Waals surface area contributed by atoms with Crippen LogP contribution in [0, 0.1) is 5.92 Å². The molecule has 20 heavy (non-hydrogen) atoms. The summed E-state index contributed by atoms with van der Waals surface area (Å²) in [5.74, 6) is 0.938. The molecule has 0 spiro atoms. The van der Waals surface area contributed by atoms with Crippen LogP contribution in [-0.2, 0) is 6.42 Å². The highest BCUT2D eigenvalue weighted by molar-refractivity contribution is 7.80. The van der Waals surface area contributed by atoms with Gasteiger partial charge in [-0.05, 0) is 55.8 Å². The molecule has 1 aromatic rings. The van der Waals surface area contributed by atoms with E-state index in [9.17, 15) is 0 Å². The number of nitrogens with one attached hydrogen (secondary N) is 2. The van der Waals surface area contributed by atoms with E-state index in [1.165, 1.54) is 37.7 Å². The standard InChI is InChI=1S/C17H26N2S/c1-2-14-8-10-16(11-9-14)19-17(20)18-13-12-15-6-4-3-5-7-15/h3-7,14,16H,2,8-13H2,1H3,(H2,18,19,20). The van der Waals surface area contributed by atoms with E-state index < -0.39 is 0 Å². The molecular formula is C17H26N2S. The molecular weight excluding hydrogens is 264 g/mol. The lowest BCUT2D eigenvalue weighted by Gasteiger charge is -2.29. The predicted octanol–water partition coefficient (Wildman–Crippen LogP) is 3.66. The molecule has 0 heterocycles. The smallest absolute Gasteiger partial charge is 0.166 e. The van der Waals surface area contributed by atoms with Crippen molar-refractivity contribution >= 4 is 17.3 Å². The molecule has 0 bridgehead atoms. The van der Waals surface area contributed by atoms with Gasteiger partial charge in [0.1, 0.15) is 0 Å². The third-order valence-corrected chi connectivity index (χ3v) is 4.56. The Labute approximate surface area is 128 Å². The van der Waals surface area contributed by atoms with Crippen molar-refractivity contribution in [3.8, 4) is 0 Å². The van der Waals surface area contributed by atoms with E-state index >= 15 is 0 Å². The fourth-order valence-electron chi connectivity index (χ4n) is 2.92. The predicted molar refractivity (Wildman–Crippen MR) is 89.9 cm³/mol. The van der Waals surface area contributed by atoms with Crippen LogP contribution in [0.4, 0.5) is 0 Å². The molecule has 1 aromatic carbocycles. The third-order valence-electron chi connectivity index (χ3n) is 4.30. The Balaban J connectivity index is 1.61. The van der Waals surface area contributed by atoms with Gasteiger partial charge in [-0.3, -0.25) is 0 Å². The Morgan fingerprint density at radius 1 is 1.15 bits per heavy atom. The van der Waals surface area contributed by atoms with Crippen LogP contribution in [0.15, 0.2) is 30.3 Å². The molecule has 0 aromatic heterocycles. The second-order valence-electron chi connectivity index (χ2n) is 5.76. The van der Waals surface area contributed by atoms with Crippen LogP contribution in [0.3, 0.4) is 0 Å². The maximum atomic E-state index is 5.39. The summed E-state index contributed by atoms with van der Waals surface area (Å²) in [6, 6.07) is 11.1. The summed E-state index contributed by atoms with van der Waals surface area (Å²) in [6.45, 7) is 3.20.